The number of hydrogen-bond acceptors (Lipinski definition) is 6. The summed E-state index contributed by atoms with van der Waals surface area (Å²) in [5.41, 5.74) is -4.11. The second-order valence-electron chi connectivity index (χ2n) is 7.27. The maximum absolute atomic E-state index is 12.9. The van der Waals surface area contributed by atoms with Crippen molar-refractivity contribution in [1.82, 2.24) is 0 Å². The van der Waals surface area contributed by atoms with Gasteiger partial charge < -0.3 is 4.74 Å². The minimum atomic E-state index is -2.00. The van der Waals surface area contributed by atoms with Crippen molar-refractivity contribution in [1.29, 1.82) is 21.0 Å². The zero-order valence-corrected chi connectivity index (χ0v) is 14.5. The Hall–Kier alpha value is -3.35. The number of benzene rings is 1. The van der Waals surface area contributed by atoms with Crippen molar-refractivity contribution in [2.75, 3.05) is 7.11 Å². The molecule has 1 aromatic carbocycles. The zero-order chi connectivity index (χ0) is 19.2. The zero-order valence-electron chi connectivity index (χ0n) is 14.5. The van der Waals surface area contributed by atoms with Gasteiger partial charge in [-0.15, -0.1) is 0 Å². The van der Waals surface area contributed by atoms with Crippen LogP contribution in [0.4, 0.5) is 0 Å². The summed E-state index contributed by atoms with van der Waals surface area (Å²) in [5, 5.41) is 39.5. The van der Waals surface area contributed by atoms with Gasteiger partial charge in [0.1, 0.15) is 11.5 Å². The second kappa shape index (κ2) is 5.59. The van der Waals surface area contributed by atoms with Gasteiger partial charge in [-0.25, -0.2) is 0 Å². The molecule has 6 heteroatoms. The van der Waals surface area contributed by atoms with Gasteiger partial charge in [0.05, 0.1) is 37.3 Å². The van der Waals surface area contributed by atoms with Crippen molar-refractivity contribution < 1.29 is 9.53 Å². The van der Waals surface area contributed by atoms with Crippen molar-refractivity contribution in [2.24, 2.45) is 22.2 Å². The number of nitriles is 4. The number of rotatable bonds is 2. The highest BCUT2D eigenvalue weighted by Crippen LogP contribution is 2.70. The molecule has 128 valence electrons. The summed E-state index contributed by atoms with van der Waals surface area (Å²) in [4.78, 5) is 12.9. The summed E-state index contributed by atoms with van der Waals surface area (Å²) in [6.45, 7) is 1.67. The maximum atomic E-state index is 12.9. The van der Waals surface area contributed by atoms with Gasteiger partial charge in [-0.3, -0.25) is 4.79 Å². The topological polar surface area (TPSA) is 121 Å². The molecule has 0 heterocycles. The van der Waals surface area contributed by atoms with Gasteiger partial charge in [0.25, 0.3) is 0 Å². The van der Waals surface area contributed by atoms with Crippen LogP contribution in [0.3, 0.4) is 0 Å². The Morgan fingerprint density at radius 2 is 1.62 bits per heavy atom. The Bertz CT molecular complexity index is 910. The van der Waals surface area contributed by atoms with Crippen LogP contribution in [0.1, 0.15) is 31.2 Å². The molecule has 3 saturated carbocycles. The summed E-state index contributed by atoms with van der Waals surface area (Å²) in [5.74, 6) is -0.987. The normalized spacial score (nSPS) is 30.3. The first-order chi connectivity index (χ1) is 12.4. The summed E-state index contributed by atoms with van der Waals surface area (Å²) in [6.07, 6.45) is 0.415. The molecule has 0 N–H and O–H groups in total. The lowest BCUT2D eigenvalue weighted by atomic mass is 9.35. The molecule has 0 saturated heterocycles. The average molecular weight is 344 g/mol. The van der Waals surface area contributed by atoms with Crippen molar-refractivity contribution in [3.8, 4) is 30.0 Å². The van der Waals surface area contributed by atoms with Crippen LogP contribution in [0.25, 0.3) is 0 Å². The quantitative estimate of drug-likeness (QED) is 0.813. The van der Waals surface area contributed by atoms with Crippen LogP contribution in [0.2, 0.25) is 0 Å². The number of nitrogens with zero attached hydrogens (tertiary/aromatic N) is 4. The van der Waals surface area contributed by atoms with E-state index >= 15 is 0 Å². The number of Topliss-reactive ketones (excluding diaryl/α,β-unsaturated/α-hetero) is 1. The monoisotopic (exact) mass is 344 g/mol. The predicted octanol–water partition coefficient (Wildman–Crippen LogP) is 2.84. The molecule has 26 heavy (non-hydrogen) atoms. The molecular weight excluding hydrogens is 328 g/mol. The number of carbonyl (C=O) groups excluding carboxylic acids is 1. The summed E-state index contributed by atoms with van der Waals surface area (Å²) >= 11 is 0. The predicted molar refractivity (Wildman–Crippen MR) is 88.9 cm³/mol. The molecular formula is C20H16N4O2. The highest BCUT2D eigenvalue weighted by Gasteiger charge is 2.77. The third-order valence-corrected chi connectivity index (χ3v) is 6.18. The van der Waals surface area contributed by atoms with E-state index in [0.29, 0.717) is 12.2 Å². The molecule has 0 radical (unpaired) electrons. The Morgan fingerprint density at radius 1 is 1.04 bits per heavy atom. The van der Waals surface area contributed by atoms with E-state index in [0.717, 1.165) is 5.56 Å². The Kier molecular flexibility index (Phi) is 3.75. The van der Waals surface area contributed by atoms with Crippen LogP contribution < -0.4 is 4.74 Å². The van der Waals surface area contributed by atoms with Gasteiger partial charge in [-0.2, -0.15) is 21.0 Å². The van der Waals surface area contributed by atoms with E-state index in [1.54, 1.807) is 38.3 Å². The van der Waals surface area contributed by atoms with Crippen LogP contribution in [0.5, 0.6) is 5.75 Å². The van der Waals surface area contributed by atoms with E-state index in [1.165, 1.54) is 0 Å². The minimum absolute atomic E-state index is 0.0244. The summed E-state index contributed by atoms with van der Waals surface area (Å²) < 4.78 is 5.15. The molecule has 4 rings (SSSR count). The molecule has 0 unspecified atom stereocenters. The van der Waals surface area contributed by atoms with E-state index in [2.05, 4.69) is 0 Å². The average Bonchev–Trinajstić information content (AvgIpc) is 2.66. The van der Waals surface area contributed by atoms with E-state index < -0.39 is 28.1 Å². The fourth-order valence-electron chi connectivity index (χ4n) is 4.90. The highest BCUT2D eigenvalue weighted by atomic mass is 16.5. The number of methoxy groups -OCH3 is 1. The Morgan fingerprint density at radius 3 is 2.08 bits per heavy atom. The lowest BCUT2D eigenvalue weighted by Crippen LogP contribution is -2.66. The van der Waals surface area contributed by atoms with Crippen molar-refractivity contribution in [3.05, 3.63) is 29.8 Å². The largest absolute Gasteiger partial charge is 0.497 e. The lowest BCUT2D eigenvalue weighted by molar-refractivity contribution is -0.153. The first kappa shape index (κ1) is 17.5. The summed E-state index contributed by atoms with van der Waals surface area (Å²) in [6, 6.07) is 14.9. The third-order valence-electron chi connectivity index (χ3n) is 6.18. The molecule has 6 nitrogen and oxygen atoms in total. The van der Waals surface area contributed by atoms with Gasteiger partial charge in [0.2, 0.25) is 0 Å². The van der Waals surface area contributed by atoms with Gasteiger partial charge in [0.15, 0.2) is 10.8 Å². The highest BCUT2D eigenvalue weighted by molar-refractivity contribution is 5.88. The molecule has 1 aromatic rings. The van der Waals surface area contributed by atoms with E-state index in [-0.39, 0.29) is 12.2 Å². The van der Waals surface area contributed by atoms with Gasteiger partial charge in [-0.1, -0.05) is 19.1 Å². The first-order valence-corrected chi connectivity index (χ1v) is 8.20. The van der Waals surface area contributed by atoms with E-state index in [9.17, 15) is 25.8 Å². The van der Waals surface area contributed by atoms with Gasteiger partial charge in [0, 0.05) is 11.8 Å². The number of hydrogen-bond donors (Lipinski definition) is 0. The molecule has 0 amide bonds. The molecule has 3 aliphatic rings. The molecule has 3 atom stereocenters. The molecule has 3 fully saturated rings. The van der Waals surface area contributed by atoms with Crippen molar-refractivity contribution in [3.63, 3.8) is 0 Å². The fraction of sp³-hybridized carbons (Fsp3) is 0.450. The van der Waals surface area contributed by atoms with E-state index in [1.807, 2.05) is 24.3 Å². The van der Waals surface area contributed by atoms with Crippen LogP contribution in [-0.2, 0) is 4.79 Å². The van der Waals surface area contributed by atoms with Crippen molar-refractivity contribution in [2.45, 2.75) is 25.7 Å². The SMILES string of the molecule is COc1ccc([C@@H]2C[C@]3(C)CC(=O)[C@@H]2C(C#N)(C#N)C3(C#N)C#N)cc1. The molecule has 2 bridgehead atoms. The van der Waals surface area contributed by atoms with Crippen molar-refractivity contribution >= 4 is 5.78 Å². The van der Waals surface area contributed by atoms with Gasteiger partial charge in [-0.05, 0) is 30.0 Å². The Balaban J connectivity index is 2.25. The van der Waals surface area contributed by atoms with Crippen LogP contribution >= 0.6 is 0 Å². The first-order valence-electron chi connectivity index (χ1n) is 8.20. The van der Waals surface area contributed by atoms with Crippen LogP contribution in [-0.4, -0.2) is 12.9 Å². The second-order valence-corrected chi connectivity index (χ2v) is 7.27. The number of carbonyl (C=O) groups is 1. The van der Waals surface area contributed by atoms with Gasteiger partial charge >= 0.3 is 0 Å². The molecule has 0 spiro atoms. The fourth-order valence-corrected chi connectivity index (χ4v) is 4.90. The Labute approximate surface area is 151 Å². The molecule has 0 aromatic heterocycles. The van der Waals surface area contributed by atoms with E-state index in [4.69, 9.17) is 4.74 Å². The molecule has 3 aliphatic carbocycles. The number of ketones is 1. The van der Waals surface area contributed by atoms with Crippen LogP contribution in [0, 0.1) is 67.5 Å². The smallest absolute Gasteiger partial charge is 0.186 e. The van der Waals surface area contributed by atoms with Crippen LogP contribution in [0.15, 0.2) is 24.3 Å². The minimum Gasteiger partial charge on any atom is -0.497 e. The third kappa shape index (κ3) is 1.79. The standard InChI is InChI=1S/C20H16N4O2/c1-18-7-15(13-3-5-14(26-2)6-4-13)17(16(25)8-18)19(9-21,10-22)20(18,11-23)12-24/h3-6,15,17H,7-8H2,1-2H3/t15-,17+,18+/m0/s1. The lowest BCUT2D eigenvalue weighted by Gasteiger charge is -2.59. The summed E-state index contributed by atoms with van der Waals surface area (Å²) in [7, 11) is 1.55. The maximum Gasteiger partial charge on any atom is 0.186 e. The molecule has 0 aliphatic heterocycles. The number of fused-ring (bicyclic) bond motifs is 3. The number of ether oxygens (including phenoxy) is 1.